The third kappa shape index (κ3) is 5.51. The quantitative estimate of drug-likeness (QED) is 0.288. The van der Waals surface area contributed by atoms with Gasteiger partial charge in [0.05, 0.1) is 14.2 Å². The summed E-state index contributed by atoms with van der Waals surface area (Å²) in [6.07, 6.45) is 2.73. The van der Waals surface area contributed by atoms with Crippen LogP contribution in [0.3, 0.4) is 0 Å². The molecule has 3 N–H and O–H groups in total. The Morgan fingerprint density at radius 1 is 0.939 bits per heavy atom. The Bertz CT molecular complexity index is 1240. The zero-order valence-corrected chi connectivity index (χ0v) is 18.6. The highest BCUT2D eigenvalue weighted by molar-refractivity contribution is 6.10. The molecular formula is C26H26N4O3. The number of carbonyl (C=O) groups is 1. The molecule has 0 atom stereocenters. The van der Waals surface area contributed by atoms with Gasteiger partial charge in [0.1, 0.15) is 11.5 Å². The SMILES string of the molecule is COc1cc(OC)cc(C(=O)NC(=NCCc2c[nH]c3ccccc23)Nc2ccccc2)c1. The number of anilines is 1. The van der Waals surface area contributed by atoms with Crippen LogP contribution in [0.25, 0.3) is 10.9 Å². The first-order valence-corrected chi connectivity index (χ1v) is 10.6. The molecule has 7 heteroatoms. The van der Waals surface area contributed by atoms with Gasteiger partial charge in [0, 0.05) is 41.0 Å². The van der Waals surface area contributed by atoms with Crippen molar-refractivity contribution in [3.8, 4) is 11.5 Å². The number of nitrogens with zero attached hydrogens (tertiary/aromatic N) is 1. The number of para-hydroxylation sites is 2. The van der Waals surface area contributed by atoms with Crippen molar-refractivity contribution in [2.24, 2.45) is 4.99 Å². The summed E-state index contributed by atoms with van der Waals surface area (Å²) < 4.78 is 10.6. The van der Waals surface area contributed by atoms with Gasteiger partial charge in [-0.2, -0.15) is 0 Å². The maximum atomic E-state index is 13.0. The molecule has 0 bridgehead atoms. The van der Waals surface area contributed by atoms with E-state index in [1.54, 1.807) is 32.4 Å². The van der Waals surface area contributed by atoms with Crippen molar-refractivity contribution in [3.05, 3.63) is 90.1 Å². The van der Waals surface area contributed by atoms with Crippen LogP contribution in [-0.2, 0) is 6.42 Å². The monoisotopic (exact) mass is 442 g/mol. The molecule has 0 aliphatic rings. The first-order valence-electron chi connectivity index (χ1n) is 10.6. The number of H-pyrrole nitrogens is 1. The second kappa shape index (κ2) is 10.4. The lowest BCUT2D eigenvalue weighted by Crippen LogP contribution is -2.36. The topological polar surface area (TPSA) is 87.7 Å². The van der Waals surface area contributed by atoms with E-state index >= 15 is 0 Å². The fourth-order valence-electron chi connectivity index (χ4n) is 3.51. The first-order chi connectivity index (χ1) is 16.2. The van der Waals surface area contributed by atoms with E-state index in [2.05, 4.69) is 26.7 Å². The van der Waals surface area contributed by atoms with Crippen LogP contribution in [0.1, 0.15) is 15.9 Å². The van der Waals surface area contributed by atoms with Crippen LogP contribution >= 0.6 is 0 Å². The number of aromatic amines is 1. The van der Waals surface area contributed by atoms with Crippen molar-refractivity contribution in [1.82, 2.24) is 10.3 Å². The van der Waals surface area contributed by atoms with Crippen molar-refractivity contribution >= 4 is 28.5 Å². The van der Waals surface area contributed by atoms with E-state index in [-0.39, 0.29) is 5.91 Å². The van der Waals surface area contributed by atoms with E-state index in [9.17, 15) is 4.79 Å². The summed E-state index contributed by atoms with van der Waals surface area (Å²) in [5, 5.41) is 7.26. The number of methoxy groups -OCH3 is 2. The lowest BCUT2D eigenvalue weighted by molar-refractivity contribution is 0.0976. The van der Waals surface area contributed by atoms with E-state index in [0.717, 1.165) is 17.6 Å². The first kappa shape index (κ1) is 22.0. The number of hydrogen-bond donors (Lipinski definition) is 3. The number of benzene rings is 3. The van der Waals surface area contributed by atoms with Gasteiger partial charge in [-0.05, 0) is 42.3 Å². The molecule has 33 heavy (non-hydrogen) atoms. The van der Waals surface area contributed by atoms with Crippen LogP contribution in [0.5, 0.6) is 11.5 Å². The molecule has 0 aliphatic carbocycles. The van der Waals surface area contributed by atoms with E-state index in [4.69, 9.17) is 9.47 Å². The molecule has 1 aromatic heterocycles. The Morgan fingerprint density at radius 2 is 1.64 bits per heavy atom. The Balaban J connectivity index is 1.53. The molecule has 168 valence electrons. The number of ether oxygens (including phenoxy) is 2. The van der Waals surface area contributed by atoms with Crippen LogP contribution < -0.4 is 20.1 Å². The van der Waals surface area contributed by atoms with Gasteiger partial charge in [0.25, 0.3) is 5.91 Å². The average molecular weight is 443 g/mol. The fourth-order valence-corrected chi connectivity index (χ4v) is 3.51. The van der Waals surface area contributed by atoms with Crippen LogP contribution in [0.2, 0.25) is 0 Å². The van der Waals surface area contributed by atoms with Gasteiger partial charge in [0.15, 0.2) is 0 Å². The van der Waals surface area contributed by atoms with Crippen molar-refractivity contribution in [3.63, 3.8) is 0 Å². The van der Waals surface area contributed by atoms with Crippen LogP contribution in [0.4, 0.5) is 5.69 Å². The summed E-state index contributed by atoms with van der Waals surface area (Å²) in [6.45, 7) is 0.499. The molecule has 1 heterocycles. The third-order valence-corrected chi connectivity index (χ3v) is 5.21. The minimum Gasteiger partial charge on any atom is -0.497 e. The van der Waals surface area contributed by atoms with Crippen molar-refractivity contribution in [2.45, 2.75) is 6.42 Å². The molecule has 0 aliphatic heterocycles. The molecule has 0 fully saturated rings. The fraction of sp³-hybridized carbons (Fsp3) is 0.154. The summed E-state index contributed by atoms with van der Waals surface area (Å²) in [7, 11) is 3.09. The van der Waals surface area contributed by atoms with Crippen molar-refractivity contribution in [1.29, 1.82) is 0 Å². The number of aliphatic imine (C=N–C) groups is 1. The highest BCUT2D eigenvalue weighted by Gasteiger charge is 2.13. The maximum Gasteiger partial charge on any atom is 0.258 e. The zero-order chi connectivity index (χ0) is 23.0. The molecule has 0 saturated heterocycles. The lowest BCUT2D eigenvalue weighted by atomic mass is 10.1. The highest BCUT2D eigenvalue weighted by Crippen LogP contribution is 2.22. The van der Waals surface area contributed by atoms with Gasteiger partial charge < -0.3 is 19.8 Å². The third-order valence-electron chi connectivity index (χ3n) is 5.21. The average Bonchev–Trinajstić information content (AvgIpc) is 3.27. The number of amides is 1. The van der Waals surface area contributed by atoms with Gasteiger partial charge in [-0.1, -0.05) is 36.4 Å². The molecule has 0 radical (unpaired) electrons. The predicted octanol–water partition coefficient (Wildman–Crippen LogP) is 4.63. The van der Waals surface area contributed by atoms with Crippen molar-refractivity contribution < 1.29 is 14.3 Å². The summed E-state index contributed by atoms with van der Waals surface area (Å²) in [5.41, 5.74) is 3.51. The highest BCUT2D eigenvalue weighted by atomic mass is 16.5. The van der Waals surface area contributed by atoms with Gasteiger partial charge in [0.2, 0.25) is 5.96 Å². The van der Waals surface area contributed by atoms with Crippen molar-refractivity contribution in [2.75, 3.05) is 26.1 Å². The van der Waals surface area contributed by atoms with Gasteiger partial charge >= 0.3 is 0 Å². The van der Waals surface area contributed by atoms with Gasteiger partial charge in [-0.3, -0.25) is 15.1 Å². The number of guanidine groups is 1. The Hall–Kier alpha value is -4.26. The largest absolute Gasteiger partial charge is 0.497 e. The predicted molar refractivity (Wildman–Crippen MR) is 131 cm³/mol. The standard InChI is InChI=1S/C26H26N4O3/c1-32-21-14-19(15-22(16-21)33-2)25(31)30-26(29-20-8-4-3-5-9-20)27-13-12-18-17-28-24-11-7-6-10-23(18)24/h3-11,14-17,28H,12-13H2,1-2H3,(H2,27,29,30,31). The molecule has 3 aromatic carbocycles. The van der Waals surface area contributed by atoms with E-state index < -0.39 is 0 Å². The number of carbonyl (C=O) groups excluding carboxylic acids is 1. The van der Waals surface area contributed by atoms with Gasteiger partial charge in [-0.15, -0.1) is 0 Å². The second-order valence-electron chi connectivity index (χ2n) is 7.39. The molecule has 0 spiro atoms. The summed E-state index contributed by atoms with van der Waals surface area (Å²) in [5.74, 6) is 1.12. The molecule has 4 aromatic rings. The number of nitrogens with one attached hydrogen (secondary N) is 3. The molecule has 0 saturated carbocycles. The maximum absolute atomic E-state index is 13.0. The second-order valence-corrected chi connectivity index (χ2v) is 7.39. The van der Waals surface area contributed by atoms with E-state index in [1.807, 2.05) is 54.7 Å². The molecule has 7 nitrogen and oxygen atoms in total. The van der Waals surface area contributed by atoms with Crippen LogP contribution in [0, 0.1) is 0 Å². The molecule has 4 rings (SSSR count). The summed E-state index contributed by atoms with van der Waals surface area (Å²) in [6, 6.07) is 22.8. The van der Waals surface area contributed by atoms with Gasteiger partial charge in [-0.25, -0.2) is 0 Å². The molecule has 0 unspecified atom stereocenters. The molecule has 1 amide bonds. The lowest BCUT2D eigenvalue weighted by Gasteiger charge is -2.13. The number of hydrogen-bond acceptors (Lipinski definition) is 4. The van der Waals surface area contributed by atoms with E-state index in [1.165, 1.54) is 10.9 Å². The minimum atomic E-state index is -0.318. The number of aromatic nitrogens is 1. The Labute approximate surface area is 192 Å². The normalized spacial score (nSPS) is 11.3. The molecular weight excluding hydrogens is 416 g/mol. The smallest absolute Gasteiger partial charge is 0.258 e. The summed E-state index contributed by atoms with van der Waals surface area (Å²) in [4.78, 5) is 20.9. The van der Waals surface area contributed by atoms with Crippen LogP contribution in [0.15, 0.2) is 84.0 Å². The zero-order valence-electron chi connectivity index (χ0n) is 18.6. The Kier molecular flexibility index (Phi) is 6.90. The van der Waals surface area contributed by atoms with Crippen LogP contribution in [-0.4, -0.2) is 37.6 Å². The minimum absolute atomic E-state index is 0.318. The number of rotatable bonds is 7. The summed E-state index contributed by atoms with van der Waals surface area (Å²) >= 11 is 0. The Morgan fingerprint density at radius 3 is 2.36 bits per heavy atom. The number of fused-ring (bicyclic) bond motifs is 1. The van der Waals surface area contributed by atoms with E-state index in [0.29, 0.717) is 29.6 Å².